The number of aliphatic hydroxyl groups is 1. The molecule has 0 spiro atoms. The third kappa shape index (κ3) is 2.50. The highest BCUT2D eigenvalue weighted by Gasteiger charge is 2.29. The van der Waals surface area contributed by atoms with Crippen LogP contribution in [0.15, 0.2) is 18.2 Å². The maximum atomic E-state index is 13.7. The molecule has 108 valence electrons. The number of urea groups is 1. The van der Waals surface area contributed by atoms with Gasteiger partial charge in [0.2, 0.25) is 0 Å². The van der Waals surface area contributed by atoms with E-state index in [2.05, 4.69) is 5.32 Å². The van der Waals surface area contributed by atoms with E-state index in [0.717, 1.165) is 30.4 Å². The van der Waals surface area contributed by atoms with Gasteiger partial charge in [-0.1, -0.05) is 12.1 Å². The number of β-amino-alcohol motifs (C(OH)–C–C–N with tert-alkyl or cyclic N) is 1. The van der Waals surface area contributed by atoms with Crippen LogP contribution in [0.5, 0.6) is 0 Å². The second-order valence-corrected chi connectivity index (χ2v) is 5.59. The third-order valence-electron chi connectivity index (χ3n) is 4.19. The van der Waals surface area contributed by atoms with Crippen LogP contribution < -0.4 is 5.32 Å². The Morgan fingerprint density at radius 2 is 2.25 bits per heavy atom. The summed E-state index contributed by atoms with van der Waals surface area (Å²) in [6.45, 7) is 1.06. The summed E-state index contributed by atoms with van der Waals surface area (Å²) in [7, 11) is 0. The molecule has 20 heavy (non-hydrogen) atoms. The van der Waals surface area contributed by atoms with E-state index in [9.17, 15) is 14.3 Å². The molecule has 1 fully saturated rings. The Bertz CT molecular complexity index is 521. The Kier molecular flexibility index (Phi) is 3.61. The summed E-state index contributed by atoms with van der Waals surface area (Å²) < 4.78 is 13.7. The number of piperidine rings is 1. The molecule has 5 heteroatoms. The van der Waals surface area contributed by atoms with Crippen molar-refractivity contribution in [2.45, 2.75) is 37.8 Å². The Morgan fingerprint density at radius 3 is 3.05 bits per heavy atom. The largest absolute Gasteiger partial charge is 0.391 e. The average molecular weight is 278 g/mol. The minimum atomic E-state index is -0.428. The van der Waals surface area contributed by atoms with Crippen molar-refractivity contribution in [1.29, 1.82) is 0 Å². The van der Waals surface area contributed by atoms with Crippen LogP contribution in [-0.2, 0) is 6.42 Å². The molecular formula is C15H19FN2O2. The molecule has 1 heterocycles. The van der Waals surface area contributed by atoms with Gasteiger partial charge < -0.3 is 15.3 Å². The maximum absolute atomic E-state index is 13.7. The van der Waals surface area contributed by atoms with Crippen LogP contribution in [0.3, 0.4) is 0 Å². The van der Waals surface area contributed by atoms with Gasteiger partial charge in [-0.05, 0) is 42.9 Å². The van der Waals surface area contributed by atoms with Crippen LogP contribution in [0.4, 0.5) is 9.18 Å². The zero-order valence-corrected chi connectivity index (χ0v) is 11.3. The van der Waals surface area contributed by atoms with E-state index in [0.29, 0.717) is 19.5 Å². The fourth-order valence-electron chi connectivity index (χ4n) is 3.14. The molecule has 2 N–H and O–H groups in total. The number of benzene rings is 1. The van der Waals surface area contributed by atoms with Crippen LogP contribution in [0.1, 0.15) is 36.4 Å². The molecule has 2 aliphatic rings. The summed E-state index contributed by atoms with van der Waals surface area (Å²) in [6.07, 6.45) is 2.54. The molecule has 0 saturated carbocycles. The fraction of sp³-hybridized carbons (Fsp3) is 0.533. The minimum absolute atomic E-state index is 0.118. The van der Waals surface area contributed by atoms with Crippen molar-refractivity contribution < 1.29 is 14.3 Å². The first kappa shape index (κ1) is 13.4. The monoisotopic (exact) mass is 278 g/mol. The molecule has 1 aromatic carbocycles. The van der Waals surface area contributed by atoms with Gasteiger partial charge in [-0.3, -0.25) is 0 Å². The smallest absolute Gasteiger partial charge is 0.317 e. The lowest BCUT2D eigenvalue weighted by molar-refractivity contribution is 0.0833. The number of nitrogens with one attached hydrogen (secondary N) is 1. The van der Waals surface area contributed by atoms with Gasteiger partial charge >= 0.3 is 6.03 Å². The number of halogens is 1. The zero-order valence-electron chi connectivity index (χ0n) is 11.3. The molecule has 1 aliphatic heterocycles. The van der Waals surface area contributed by atoms with E-state index in [1.165, 1.54) is 6.07 Å². The topological polar surface area (TPSA) is 52.6 Å². The summed E-state index contributed by atoms with van der Waals surface area (Å²) in [6, 6.07) is 4.74. The molecule has 2 amide bonds. The molecule has 0 radical (unpaired) electrons. The van der Waals surface area contributed by atoms with E-state index in [4.69, 9.17) is 0 Å². The number of nitrogens with zero attached hydrogens (tertiary/aromatic N) is 1. The van der Waals surface area contributed by atoms with Crippen molar-refractivity contribution >= 4 is 6.03 Å². The Hall–Kier alpha value is -1.62. The standard InChI is InChI=1S/C15H19FN2O2/c16-13-5-1-4-12-11(13)6-7-14(12)17-15(20)18-8-2-3-10(19)9-18/h1,4-5,10,14,19H,2-3,6-9H2,(H,17,20). The average Bonchev–Trinajstić information content (AvgIpc) is 2.83. The highest BCUT2D eigenvalue weighted by molar-refractivity contribution is 5.75. The zero-order chi connectivity index (χ0) is 14.1. The van der Waals surface area contributed by atoms with Gasteiger partial charge in [-0.15, -0.1) is 0 Å². The molecule has 4 nitrogen and oxygen atoms in total. The second kappa shape index (κ2) is 5.40. The molecule has 1 aromatic rings. The quantitative estimate of drug-likeness (QED) is 0.825. The number of hydrogen-bond donors (Lipinski definition) is 2. The molecular weight excluding hydrogens is 259 g/mol. The molecule has 2 unspecified atom stereocenters. The SMILES string of the molecule is O=C(NC1CCc2c(F)cccc21)N1CCCC(O)C1. The minimum Gasteiger partial charge on any atom is -0.391 e. The first-order valence-electron chi connectivity index (χ1n) is 7.16. The van der Waals surface area contributed by atoms with E-state index >= 15 is 0 Å². The van der Waals surface area contributed by atoms with Gasteiger partial charge in [-0.2, -0.15) is 0 Å². The van der Waals surface area contributed by atoms with Crippen molar-refractivity contribution in [1.82, 2.24) is 10.2 Å². The fourth-order valence-corrected chi connectivity index (χ4v) is 3.14. The van der Waals surface area contributed by atoms with Crippen LogP contribution >= 0.6 is 0 Å². The van der Waals surface area contributed by atoms with Crippen LogP contribution in [-0.4, -0.2) is 35.2 Å². The van der Waals surface area contributed by atoms with Gasteiger partial charge in [-0.25, -0.2) is 9.18 Å². The number of carbonyl (C=O) groups is 1. The van der Waals surface area contributed by atoms with Gasteiger partial charge in [0.25, 0.3) is 0 Å². The lowest BCUT2D eigenvalue weighted by Gasteiger charge is -2.31. The number of aliphatic hydroxyl groups excluding tert-OH is 1. The van der Waals surface area contributed by atoms with E-state index in [1.54, 1.807) is 11.0 Å². The predicted molar refractivity (Wildman–Crippen MR) is 72.8 cm³/mol. The molecule has 0 bridgehead atoms. The van der Waals surface area contributed by atoms with Gasteiger partial charge in [0, 0.05) is 13.1 Å². The molecule has 2 atom stereocenters. The summed E-state index contributed by atoms with van der Waals surface area (Å²) in [5, 5.41) is 12.6. The highest BCUT2D eigenvalue weighted by atomic mass is 19.1. The highest BCUT2D eigenvalue weighted by Crippen LogP contribution is 2.32. The third-order valence-corrected chi connectivity index (χ3v) is 4.19. The van der Waals surface area contributed by atoms with Gasteiger partial charge in [0.1, 0.15) is 5.82 Å². The van der Waals surface area contributed by atoms with Crippen LogP contribution in [0.25, 0.3) is 0 Å². The van der Waals surface area contributed by atoms with Crippen molar-refractivity contribution in [2.75, 3.05) is 13.1 Å². The van der Waals surface area contributed by atoms with Crippen LogP contribution in [0.2, 0.25) is 0 Å². The Morgan fingerprint density at radius 1 is 1.40 bits per heavy atom. The normalized spacial score (nSPS) is 25.4. The van der Waals surface area contributed by atoms with Crippen LogP contribution in [0, 0.1) is 5.82 Å². The number of hydrogen-bond acceptors (Lipinski definition) is 2. The van der Waals surface area contributed by atoms with Crippen molar-refractivity contribution in [3.8, 4) is 0 Å². The lowest BCUT2D eigenvalue weighted by atomic mass is 10.1. The molecule has 3 rings (SSSR count). The number of rotatable bonds is 1. The summed E-state index contributed by atoms with van der Waals surface area (Å²) in [5.41, 5.74) is 1.60. The van der Waals surface area contributed by atoms with Crippen molar-refractivity contribution in [3.63, 3.8) is 0 Å². The first-order valence-corrected chi connectivity index (χ1v) is 7.16. The Labute approximate surface area is 117 Å². The maximum Gasteiger partial charge on any atom is 0.317 e. The summed E-state index contributed by atoms with van der Waals surface area (Å²) in [4.78, 5) is 13.8. The van der Waals surface area contributed by atoms with Crippen molar-refractivity contribution in [2.24, 2.45) is 0 Å². The molecule has 1 saturated heterocycles. The van der Waals surface area contributed by atoms with Gasteiger partial charge in [0.05, 0.1) is 12.1 Å². The second-order valence-electron chi connectivity index (χ2n) is 5.59. The van der Waals surface area contributed by atoms with E-state index in [1.807, 2.05) is 6.07 Å². The predicted octanol–water partition coefficient (Wildman–Crippen LogP) is 1.98. The van der Waals surface area contributed by atoms with Crippen molar-refractivity contribution in [3.05, 3.63) is 35.1 Å². The number of likely N-dealkylation sites (tertiary alicyclic amines) is 1. The van der Waals surface area contributed by atoms with E-state index in [-0.39, 0.29) is 17.9 Å². The lowest BCUT2D eigenvalue weighted by Crippen LogP contribution is -2.47. The summed E-state index contributed by atoms with van der Waals surface area (Å²) >= 11 is 0. The number of fused-ring (bicyclic) bond motifs is 1. The number of carbonyl (C=O) groups excluding carboxylic acids is 1. The molecule has 0 aromatic heterocycles. The summed E-state index contributed by atoms with van der Waals surface area (Å²) in [5.74, 6) is -0.187. The van der Waals surface area contributed by atoms with E-state index < -0.39 is 6.10 Å². The molecule has 1 aliphatic carbocycles. The Balaban J connectivity index is 1.68. The first-order chi connectivity index (χ1) is 9.65. The van der Waals surface area contributed by atoms with Gasteiger partial charge in [0.15, 0.2) is 0 Å². The number of amides is 2.